The van der Waals surface area contributed by atoms with Crippen LogP contribution in [0.4, 0.5) is 23.2 Å². The highest BCUT2D eigenvalue weighted by Crippen LogP contribution is 2.28. The van der Waals surface area contributed by atoms with Gasteiger partial charge < -0.3 is 5.32 Å². The van der Waals surface area contributed by atoms with E-state index in [1.165, 1.54) is 18.2 Å². The topological polar surface area (TPSA) is 54.9 Å². The van der Waals surface area contributed by atoms with Crippen LogP contribution in [0.3, 0.4) is 0 Å². The van der Waals surface area contributed by atoms with Crippen molar-refractivity contribution < 1.29 is 22.4 Å². The van der Waals surface area contributed by atoms with Crippen LogP contribution in [-0.2, 0) is 11.0 Å². The second kappa shape index (κ2) is 6.73. The average Bonchev–Trinajstić information content (AvgIpc) is 2.45. The molecule has 9 heteroatoms. The lowest BCUT2D eigenvalue weighted by Crippen LogP contribution is -2.15. The minimum atomic E-state index is -4.57. The van der Waals surface area contributed by atoms with Crippen LogP contribution in [0.1, 0.15) is 5.69 Å². The zero-order chi connectivity index (χ0) is 16.2. The smallest absolute Gasteiger partial charge is 0.325 e. The molecule has 4 nitrogen and oxygen atoms in total. The molecule has 1 N–H and O–H groups in total. The van der Waals surface area contributed by atoms with E-state index in [-0.39, 0.29) is 16.6 Å². The number of hydrogen-bond acceptors (Lipinski definition) is 4. The SMILES string of the molecule is O=C(CSc1nccc(C(F)(F)F)n1)Nc1cccc(F)c1. The highest BCUT2D eigenvalue weighted by molar-refractivity contribution is 7.99. The first-order valence-corrected chi connectivity index (χ1v) is 6.91. The molecule has 0 bridgehead atoms. The first-order valence-electron chi connectivity index (χ1n) is 5.93. The van der Waals surface area contributed by atoms with E-state index in [0.717, 1.165) is 30.1 Å². The van der Waals surface area contributed by atoms with Crippen LogP contribution in [0.5, 0.6) is 0 Å². The Balaban J connectivity index is 1.94. The summed E-state index contributed by atoms with van der Waals surface area (Å²) in [5.41, 5.74) is -0.814. The van der Waals surface area contributed by atoms with Gasteiger partial charge in [0.2, 0.25) is 5.91 Å². The van der Waals surface area contributed by atoms with Gasteiger partial charge in [0, 0.05) is 11.9 Å². The average molecular weight is 331 g/mol. The molecule has 22 heavy (non-hydrogen) atoms. The molecule has 0 saturated carbocycles. The van der Waals surface area contributed by atoms with E-state index in [0.29, 0.717) is 0 Å². The lowest BCUT2D eigenvalue weighted by Gasteiger charge is -2.07. The molecule has 1 aromatic carbocycles. The molecule has 2 rings (SSSR count). The highest BCUT2D eigenvalue weighted by Gasteiger charge is 2.32. The number of thioether (sulfide) groups is 1. The Hall–Kier alpha value is -2.16. The Morgan fingerprint density at radius 3 is 2.73 bits per heavy atom. The van der Waals surface area contributed by atoms with Gasteiger partial charge in [-0.15, -0.1) is 0 Å². The van der Waals surface area contributed by atoms with Gasteiger partial charge in [-0.3, -0.25) is 4.79 Å². The van der Waals surface area contributed by atoms with Crippen LogP contribution in [0.25, 0.3) is 0 Å². The Morgan fingerprint density at radius 1 is 1.27 bits per heavy atom. The molecule has 0 aliphatic rings. The second-order valence-electron chi connectivity index (χ2n) is 4.07. The van der Waals surface area contributed by atoms with Crippen LogP contribution >= 0.6 is 11.8 Å². The number of benzene rings is 1. The Morgan fingerprint density at radius 2 is 2.05 bits per heavy atom. The Kier molecular flexibility index (Phi) is 4.96. The summed E-state index contributed by atoms with van der Waals surface area (Å²) >= 11 is 0.754. The van der Waals surface area contributed by atoms with Crippen molar-refractivity contribution in [2.24, 2.45) is 0 Å². The van der Waals surface area contributed by atoms with Crippen LogP contribution in [0.15, 0.2) is 41.7 Å². The molecule has 2 aromatic rings. The zero-order valence-electron chi connectivity index (χ0n) is 10.9. The minimum absolute atomic E-state index is 0.163. The lowest BCUT2D eigenvalue weighted by molar-refractivity contribution is -0.141. The summed E-state index contributed by atoms with van der Waals surface area (Å²) in [6.07, 6.45) is -3.59. The molecule has 1 heterocycles. The third kappa shape index (κ3) is 4.69. The number of rotatable bonds is 4. The van der Waals surface area contributed by atoms with Gasteiger partial charge in [0.05, 0.1) is 5.75 Å². The molecule has 116 valence electrons. The maximum atomic E-state index is 12.9. The molecule has 0 fully saturated rings. The summed E-state index contributed by atoms with van der Waals surface area (Å²) in [5.74, 6) is -1.21. The maximum Gasteiger partial charge on any atom is 0.433 e. The highest BCUT2D eigenvalue weighted by atomic mass is 32.2. The number of nitrogens with one attached hydrogen (secondary N) is 1. The number of halogens is 4. The van der Waals surface area contributed by atoms with E-state index in [9.17, 15) is 22.4 Å². The fourth-order valence-corrected chi connectivity index (χ4v) is 2.09. The van der Waals surface area contributed by atoms with Gasteiger partial charge >= 0.3 is 6.18 Å². The van der Waals surface area contributed by atoms with Crippen molar-refractivity contribution in [2.75, 3.05) is 11.1 Å². The van der Waals surface area contributed by atoms with Crippen molar-refractivity contribution in [3.05, 3.63) is 48.0 Å². The summed E-state index contributed by atoms with van der Waals surface area (Å²) < 4.78 is 50.4. The molecule has 0 unspecified atom stereocenters. The van der Waals surface area contributed by atoms with Gasteiger partial charge in [-0.1, -0.05) is 17.8 Å². The standard InChI is InChI=1S/C13H9F4N3OS/c14-8-2-1-3-9(6-8)19-11(21)7-22-12-18-5-4-10(20-12)13(15,16)17/h1-6H,7H2,(H,19,21). The zero-order valence-corrected chi connectivity index (χ0v) is 11.7. The van der Waals surface area contributed by atoms with E-state index >= 15 is 0 Å². The molecular formula is C13H9F4N3OS. The molecule has 0 radical (unpaired) electrons. The summed E-state index contributed by atoms with van der Waals surface area (Å²) in [7, 11) is 0. The summed E-state index contributed by atoms with van der Waals surface area (Å²) in [6, 6.07) is 6.02. The Bertz CT molecular complexity index is 678. The third-order valence-electron chi connectivity index (χ3n) is 2.36. The van der Waals surface area contributed by atoms with E-state index < -0.39 is 23.6 Å². The molecule has 0 aliphatic heterocycles. The van der Waals surface area contributed by atoms with Crippen molar-refractivity contribution in [1.82, 2.24) is 9.97 Å². The van der Waals surface area contributed by atoms with Crippen molar-refractivity contribution in [3.63, 3.8) is 0 Å². The Labute approximate surface area is 127 Å². The monoisotopic (exact) mass is 331 g/mol. The van der Waals surface area contributed by atoms with Crippen LogP contribution in [0.2, 0.25) is 0 Å². The first-order chi connectivity index (χ1) is 10.3. The number of alkyl halides is 3. The van der Waals surface area contributed by atoms with Crippen molar-refractivity contribution in [3.8, 4) is 0 Å². The number of carbonyl (C=O) groups excluding carboxylic acids is 1. The number of amides is 1. The summed E-state index contributed by atoms with van der Waals surface area (Å²) in [6.45, 7) is 0. The second-order valence-corrected chi connectivity index (χ2v) is 5.01. The van der Waals surface area contributed by atoms with Gasteiger partial charge in [0.15, 0.2) is 5.16 Å². The molecular weight excluding hydrogens is 322 g/mol. The number of anilines is 1. The fraction of sp³-hybridized carbons (Fsp3) is 0.154. The number of hydrogen-bond donors (Lipinski definition) is 1. The lowest BCUT2D eigenvalue weighted by atomic mass is 10.3. The van der Waals surface area contributed by atoms with Gasteiger partial charge in [0.1, 0.15) is 11.5 Å². The van der Waals surface area contributed by atoms with Crippen molar-refractivity contribution in [2.45, 2.75) is 11.3 Å². The number of carbonyl (C=O) groups is 1. The van der Waals surface area contributed by atoms with Crippen LogP contribution in [0, 0.1) is 5.82 Å². The largest absolute Gasteiger partial charge is 0.433 e. The van der Waals surface area contributed by atoms with Crippen molar-refractivity contribution in [1.29, 1.82) is 0 Å². The van der Waals surface area contributed by atoms with Crippen LogP contribution < -0.4 is 5.32 Å². The summed E-state index contributed by atoms with van der Waals surface area (Å²) in [4.78, 5) is 18.6. The molecule has 0 saturated heterocycles. The van der Waals surface area contributed by atoms with Gasteiger partial charge in [0.25, 0.3) is 0 Å². The number of nitrogens with zero attached hydrogens (tertiary/aromatic N) is 2. The van der Waals surface area contributed by atoms with Gasteiger partial charge in [-0.25, -0.2) is 14.4 Å². The van der Waals surface area contributed by atoms with Gasteiger partial charge in [-0.2, -0.15) is 13.2 Å². The van der Waals surface area contributed by atoms with E-state index in [4.69, 9.17) is 0 Å². The normalized spacial score (nSPS) is 11.3. The fourth-order valence-electron chi connectivity index (χ4n) is 1.46. The maximum absolute atomic E-state index is 12.9. The van der Waals surface area contributed by atoms with Gasteiger partial charge in [-0.05, 0) is 24.3 Å². The third-order valence-corrected chi connectivity index (χ3v) is 3.23. The van der Waals surface area contributed by atoms with E-state index in [1.54, 1.807) is 0 Å². The first kappa shape index (κ1) is 16.2. The molecule has 0 spiro atoms. The predicted molar refractivity (Wildman–Crippen MR) is 72.8 cm³/mol. The number of aromatic nitrogens is 2. The van der Waals surface area contributed by atoms with Crippen LogP contribution in [-0.4, -0.2) is 21.6 Å². The van der Waals surface area contributed by atoms with E-state index in [2.05, 4.69) is 15.3 Å². The minimum Gasteiger partial charge on any atom is -0.325 e. The molecule has 1 amide bonds. The molecule has 0 aliphatic carbocycles. The van der Waals surface area contributed by atoms with Crippen molar-refractivity contribution >= 4 is 23.4 Å². The molecule has 1 aromatic heterocycles. The molecule has 0 atom stereocenters. The predicted octanol–water partition coefficient (Wildman–Crippen LogP) is 3.37. The van der Waals surface area contributed by atoms with E-state index in [1.807, 2.05) is 0 Å². The quantitative estimate of drug-likeness (QED) is 0.530. The summed E-state index contributed by atoms with van der Waals surface area (Å²) in [5, 5.41) is 2.26.